The number of rotatable bonds is 2. The van der Waals surface area contributed by atoms with Gasteiger partial charge in [-0.05, 0) is 24.8 Å². The molecular formula is C13H16FN3O3. The number of benzene rings is 1. The number of amides is 1. The molecule has 0 spiro atoms. The van der Waals surface area contributed by atoms with Crippen molar-refractivity contribution < 1.29 is 14.1 Å². The van der Waals surface area contributed by atoms with E-state index in [4.69, 9.17) is 5.73 Å². The molecule has 108 valence electrons. The Bertz CT molecular complexity index is 554. The van der Waals surface area contributed by atoms with Crippen LogP contribution in [-0.4, -0.2) is 28.8 Å². The molecule has 0 aliphatic carbocycles. The van der Waals surface area contributed by atoms with Gasteiger partial charge in [-0.3, -0.25) is 14.9 Å². The lowest BCUT2D eigenvalue weighted by Gasteiger charge is -2.30. The third kappa shape index (κ3) is 2.56. The van der Waals surface area contributed by atoms with Gasteiger partial charge in [0.25, 0.3) is 11.6 Å². The van der Waals surface area contributed by atoms with Gasteiger partial charge in [0.15, 0.2) is 0 Å². The minimum absolute atomic E-state index is 0.395. The second kappa shape index (κ2) is 5.44. The average Bonchev–Trinajstić information content (AvgIpc) is 2.38. The van der Waals surface area contributed by atoms with E-state index in [1.807, 2.05) is 0 Å². The van der Waals surface area contributed by atoms with E-state index in [2.05, 4.69) is 6.92 Å². The monoisotopic (exact) mass is 281 g/mol. The summed E-state index contributed by atoms with van der Waals surface area (Å²) in [5.74, 6) is -0.876. The van der Waals surface area contributed by atoms with Crippen molar-refractivity contribution in [3.8, 4) is 0 Å². The third-order valence-electron chi connectivity index (χ3n) is 3.65. The molecule has 0 aromatic heterocycles. The van der Waals surface area contributed by atoms with Gasteiger partial charge in [-0.15, -0.1) is 0 Å². The van der Waals surface area contributed by atoms with Crippen molar-refractivity contribution >= 4 is 17.3 Å². The molecule has 0 atom stereocenters. The second-order valence-electron chi connectivity index (χ2n) is 5.09. The molecule has 20 heavy (non-hydrogen) atoms. The number of carbonyl (C=O) groups is 1. The van der Waals surface area contributed by atoms with E-state index >= 15 is 0 Å². The van der Waals surface area contributed by atoms with E-state index in [9.17, 15) is 19.3 Å². The van der Waals surface area contributed by atoms with Crippen LogP contribution in [0.3, 0.4) is 0 Å². The van der Waals surface area contributed by atoms with Crippen molar-refractivity contribution in [3.63, 3.8) is 0 Å². The molecule has 1 fully saturated rings. The zero-order valence-corrected chi connectivity index (χ0v) is 11.1. The van der Waals surface area contributed by atoms with E-state index in [0.29, 0.717) is 19.0 Å². The summed E-state index contributed by atoms with van der Waals surface area (Å²) in [5.41, 5.74) is 4.35. The molecule has 7 heteroatoms. The van der Waals surface area contributed by atoms with E-state index in [1.54, 1.807) is 0 Å². The van der Waals surface area contributed by atoms with Crippen molar-refractivity contribution in [1.29, 1.82) is 0 Å². The molecule has 0 bridgehead atoms. The molecule has 2 N–H and O–H groups in total. The normalized spacial score (nSPS) is 16.2. The maximum Gasteiger partial charge on any atom is 0.293 e. The molecule has 0 radical (unpaired) electrons. The average molecular weight is 281 g/mol. The van der Waals surface area contributed by atoms with Crippen LogP contribution in [-0.2, 0) is 0 Å². The fourth-order valence-electron chi connectivity index (χ4n) is 2.33. The van der Waals surface area contributed by atoms with Crippen LogP contribution in [0.25, 0.3) is 0 Å². The van der Waals surface area contributed by atoms with E-state index in [-0.39, 0.29) is 0 Å². The van der Waals surface area contributed by atoms with E-state index in [1.165, 1.54) is 4.90 Å². The van der Waals surface area contributed by atoms with Gasteiger partial charge in [0, 0.05) is 19.2 Å². The van der Waals surface area contributed by atoms with Gasteiger partial charge < -0.3 is 10.6 Å². The molecule has 6 nitrogen and oxygen atoms in total. The first-order valence-corrected chi connectivity index (χ1v) is 6.43. The summed E-state index contributed by atoms with van der Waals surface area (Å²) in [5, 5.41) is 10.8. The summed E-state index contributed by atoms with van der Waals surface area (Å²) in [6.07, 6.45) is 1.67. The minimum atomic E-state index is -0.822. The van der Waals surface area contributed by atoms with E-state index in [0.717, 1.165) is 25.0 Å². The lowest BCUT2D eigenvalue weighted by Crippen LogP contribution is -2.38. The Kier molecular flexibility index (Phi) is 3.87. The minimum Gasteiger partial charge on any atom is -0.392 e. The molecule has 0 saturated carbocycles. The molecular weight excluding hydrogens is 265 g/mol. The Labute approximate surface area is 115 Å². The van der Waals surface area contributed by atoms with Crippen LogP contribution in [0.2, 0.25) is 0 Å². The summed E-state index contributed by atoms with van der Waals surface area (Å²) in [4.78, 5) is 23.9. The SMILES string of the molecule is CC1CCN(C(=O)c2c(F)ccc([N+](=O)[O-])c2N)CC1. The number of nitro benzene ring substituents is 1. The molecule has 1 aliphatic heterocycles. The van der Waals surface area contributed by atoms with Crippen LogP contribution >= 0.6 is 0 Å². The summed E-state index contributed by atoms with van der Waals surface area (Å²) >= 11 is 0. The largest absolute Gasteiger partial charge is 0.392 e. The number of hydrogen-bond donors (Lipinski definition) is 1. The van der Waals surface area contributed by atoms with Crippen molar-refractivity contribution in [1.82, 2.24) is 4.90 Å². The van der Waals surface area contributed by atoms with Gasteiger partial charge in [-0.2, -0.15) is 0 Å². The highest BCUT2D eigenvalue weighted by Crippen LogP contribution is 2.29. The summed E-state index contributed by atoms with van der Waals surface area (Å²) in [7, 11) is 0. The number of nitro groups is 1. The molecule has 1 aromatic rings. The zero-order chi connectivity index (χ0) is 14.9. The predicted octanol–water partition coefficient (Wildman–Crippen LogP) is 2.19. The number of carbonyl (C=O) groups excluding carboxylic acids is 1. The maximum absolute atomic E-state index is 13.8. The van der Waals surface area contributed by atoms with Crippen molar-refractivity contribution in [2.75, 3.05) is 18.8 Å². The van der Waals surface area contributed by atoms with Crippen molar-refractivity contribution in [2.24, 2.45) is 5.92 Å². The summed E-state index contributed by atoms with van der Waals surface area (Å²) < 4.78 is 13.8. The Balaban J connectivity index is 2.34. The summed E-state index contributed by atoms with van der Waals surface area (Å²) in [6.45, 7) is 3.12. The van der Waals surface area contributed by atoms with Crippen LogP contribution in [0.1, 0.15) is 30.1 Å². The zero-order valence-electron chi connectivity index (χ0n) is 11.1. The van der Waals surface area contributed by atoms with Gasteiger partial charge in [0.2, 0.25) is 0 Å². The maximum atomic E-state index is 13.8. The topological polar surface area (TPSA) is 89.5 Å². The number of piperidine rings is 1. The Morgan fingerprint density at radius 2 is 2.05 bits per heavy atom. The quantitative estimate of drug-likeness (QED) is 0.511. The Morgan fingerprint density at radius 1 is 1.45 bits per heavy atom. The fraction of sp³-hybridized carbons (Fsp3) is 0.462. The van der Waals surface area contributed by atoms with Gasteiger partial charge in [0.05, 0.1) is 4.92 Å². The number of anilines is 1. The lowest BCUT2D eigenvalue weighted by molar-refractivity contribution is -0.384. The fourth-order valence-corrected chi connectivity index (χ4v) is 2.33. The highest BCUT2D eigenvalue weighted by Gasteiger charge is 2.28. The van der Waals surface area contributed by atoms with Crippen LogP contribution < -0.4 is 5.73 Å². The van der Waals surface area contributed by atoms with Gasteiger partial charge in [0.1, 0.15) is 17.1 Å². The van der Waals surface area contributed by atoms with Crippen LogP contribution in [0, 0.1) is 21.8 Å². The number of halogens is 1. The standard InChI is InChI=1S/C13H16FN3O3/c1-8-4-6-16(7-5-8)13(18)11-9(14)2-3-10(12(11)15)17(19)20/h2-3,8H,4-7,15H2,1H3. The molecule has 2 rings (SSSR count). The van der Waals surface area contributed by atoms with Crippen LogP contribution in [0.15, 0.2) is 12.1 Å². The molecule has 1 aromatic carbocycles. The number of nitrogens with two attached hydrogens (primary N) is 1. The number of nitrogens with zero attached hydrogens (tertiary/aromatic N) is 2. The molecule has 1 heterocycles. The Morgan fingerprint density at radius 3 is 2.60 bits per heavy atom. The lowest BCUT2D eigenvalue weighted by atomic mass is 9.98. The Hall–Kier alpha value is -2.18. The first-order chi connectivity index (χ1) is 9.41. The number of hydrogen-bond acceptors (Lipinski definition) is 4. The second-order valence-corrected chi connectivity index (χ2v) is 5.09. The van der Waals surface area contributed by atoms with Gasteiger partial charge >= 0.3 is 0 Å². The highest BCUT2D eigenvalue weighted by atomic mass is 19.1. The van der Waals surface area contributed by atoms with Crippen molar-refractivity contribution in [3.05, 3.63) is 33.6 Å². The van der Waals surface area contributed by atoms with Gasteiger partial charge in [-0.1, -0.05) is 6.92 Å². The molecule has 1 aliphatic rings. The van der Waals surface area contributed by atoms with Crippen molar-refractivity contribution in [2.45, 2.75) is 19.8 Å². The predicted molar refractivity (Wildman–Crippen MR) is 71.8 cm³/mol. The number of nitrogen functional groups attached to an aromatic ring is 1. The highest BCUT2D eigenvalue weighted by molar-refractivity contribution is 6.01. The molecule has 0 unspecified atom stereocenters. The van der Waals surface area contributed by atoms with Gasteiger partial charge in [-0.25, -0.2) is 4.39 Å². The van der Waals surface area contributed by atoms with E-state index < -0.39 is 33.6 Å². The number of likely N-dealkylation sites (tertiary alicyclic amines) is 1. The van der Waals surface area contributed by atoms with Crippen LogP contribution in [0.5, 0.6) is 0 Å². The molecule has 1 saturated heterocycles. The summed E-state index contributed by atoms with van der Waals surface area (Å²) in [6, 6.07) is 1.88. The first kappa shape index (κ1) is 14.2. The molecule has 1 amide bonds. The van der Waals surface area contributed by atoms with Crippen LogP contribution in [0.4, 0.5) is 15.8 Å². The first-order valence-electron chi connectivity index (χ1n) is 6.43. The smallest absolute Gasteiger partial charge is 0.293 e. The third-order valence-corrected chi connectivity index (χ3v) is 3.65.